The molecule has 4 nitrogen and oxygen atoms in total. The summed E-state index contributed by atoms with van der Waals surface area (Å²) in [5, 5.41) is 8.93. The Bertz CT molecular complexity index is 236. The van der Waals surface area contributed by atoms with Gasteiger partial charge >= 0.3 is 11.8 Å². The van der Waals surface area contributed by atoms with Crippen molar-refractivity contribution in [2.24, 2.45) is 0 Å². The summed E-state index contributed by atoms with van der Waals surface area (Å²) in [5.41, 5.74) is 0. The number of hydrogen-bond donors (Lipinski definition) is 1. The van der Waals surface area contributed by atoms with Crippen LogP contribution in [0.25, 0.3) is 0 Å². The monoisotopic (exact) mass is 185 g/mol. The maximum absolute atomic E-state index is 10.9. The van der Waals surface area contributed by atoms with Crippen molar-refractivity contribution in [1.82, 2.24) is 4.90 Å². The molecule has 1 aliphatic rings. The van der Waals surface area contributed by atoms with Gasteiger partial charge in [-0.1, -0.05) is 13.3 Å². The summed E-state index contributed by atoms with van der Waals surface area (Å²) in [4.78, 5) is 12.8. The Morgan fingerprint density at radius 3 is 2.92 bits per heavy atom. The van der Waals surface area contributed by atoms with Crippen LogP contribution in [0.15, 0.2) is 0 Å². The molecule has 0 saturated carbocycles. The number of likely N-dealkylation sites (N-methyl/N-ethyl adjacent to an activating group) is 1. The first-order valence-corrected chi connectivity index (χ1v) is 4.73. The zero-order chi connectivity index (χ0) is 9.84. The molecule has 1 N–H and O–H groups in total. The highest BCUT2D eigenvalue weighted by atomic mass is 16.4. The number of rotatable bonds is 4. The molecule has 0 aromatic heterocycles. The molecule has 74 valence electrons. The van der Waals surface area contributed by atoms with E-state index in [-0.39, 0.29) is 0 Å². The van der Waals surface area contributed by atoms with E-state index in [1.807, 2.05) is 11.9 Å². The maximum Gasteiger partial charge on any atom is 0.418 e. The minimum atomic E-state index is -0.809. The number of unbranched alkanes of at least 4 members (excludes halogenated alkanes) is 1. The highest BCUT2D eigenvalue weighted by Crippen LogP contribution is 2.03. The summed E-state index contributed by atoms with van der Waals surface area (Å²) in [7, 11) is 1.83. The van der Waals surface area contributed by atoms with E-state index in [4.69, 9.17) is 5.11 Å². The third-order valence-electron chi connectivity index (χ3n) is 2.34. The van der Waals surface area contributed by atoms with Crippen molar-refractivity contribution in [3.63, 3.8) is 0 Å². The third-order valence-corrected chi connectivity index (χ3v) is 2.34. The second kappa shape index (κ2) is 4.25. The number of aliphatic carboxylic acids is 1. The molecule has 0 spiro atoms. The number of carboxylic acid groups (broad SMARTS) is 1. The molecule has 0 aromatic carbocycles. The van der Waals surface area contributed by atoms with Gasteiger partial charge in [-0.25, -0.2) is 4.79 Å². The predicted molar refractivity (Wildman–Crippen MR) is 50.2 cm³/mol. The first kappa shape index (κ1) is 10.0. The molecule has 0 unspecified atom stereocenters. The van der Waals surface area contributed by atoms with Crippen LogP contribution in [0.1, 0.15) is 19.8 Å². The first-order valence-electron chi connectivity index (χ1n) is 4.73. The summed E-state index contributed by atoms with van der Waals surface area (Å²) in [6.45, 7) is 4.65. The van der Waals surface area contributed by atoms with E-state index in [1.165, 1.54) is 0 Å². The molecule has 0 radical (unpaired) electrons. The quantitative estimate of drug-likeness (QED) is 0.637. The Morgan fingerprint density at radius 2 is 2.38 bits per heavy atom. The van der Waals surface area contributed by atoms with Crippen molar-refractivity contribution in [1.29, 1.82) is 0 Å². The van der Waals surface area contributed by atoms with Gasteiger partial charge in [-0.15, -0.1) is 0 Å². The van der Waals surface area contributed by atoms with Gasteiger partial charge in [0.15, 0.2) is 0 Å². The normalized spacial score (nSPS) is 16.9. The zero-order valence-corrected chi connectivity index (χ0v) is 8.29. The molecular weight excluding hydrogens is 168 g/mol. The summed E-state index contributed by atoms with van der Waals surface area (Å²) in [5.74, 6) is -0.357. The van der Waals surface area contributed by atoms with Gasteiger partial charge < -0.3 is 5.11 Å². The maximum atomic E-state index is 10.9. The predicted octanol–water partition coefficient (Wildman–Crippen LogP) is 0.227. The fourth-order valence-electron chi connectivity index (χ4n) is 1.59. The van der Waals surface area contributed by atoms with Crippen molar-refractivity contribution < 1.29 is 14.5 Å². The van der Waals surface area contributed by atoms with Crippen molar-refractivity contribution in [2.45, 2.75) is 19.8 Å². The van der Waals surface area contributed by atoms with Crippen molar-refractivity contribution in [3.05, 3.63) is 0 Å². The average Bonchev–Trinajstić information content (AvgIpc) is 2.43. The summed E-state index contributed by atoms with van der Waals surface area (Å²) >= 11 is 0. The highest BCUT2D eigenvalue weighted by molar-refractivity contribution is 6.32. The molecule has 0 atom stereocenters. The third kappa shape index (κ3) is 2.20. The van der Waals surface area contributed by atoms with Crippen LogP contribution < -0.4 is 0 Å². The molecule has 1 heterocycles. The number of amidine groups is 1. The Balaban J connectivity index is 2.62. The number of hydrogen-bond acceptors (Lipinski definition) is 2. The molecule has 0 bridgehead atoms. The molecule has 0 aliphatic carbocycles. The van der Waals surface area contributed by atoms with E-state index in [1.54, 1.807) is 4.58 Å². The van der Waals surface area contributed by atoms with Crippen molar-refractivity contribution in [3.8, 4) is 0 Å². The highest BCUT2D eigenvalue weighted by Gasteiger charge is 2.33. The lowest BCUT2D eigenvalue weighted by molar-refractivity contribution is -0.486. The lowest BCUT2D eigenvalue weighted by atomic mass is 10.3. The standard InChI is InChI=1S/C9H16N2O2/c1-3-4-5-11-7-6-10(2)8(11)9(12)13/h3-7H2,1-2H3/p+1. The summed E-state index contributed by atoms with van der Waals surface area (Å²) in [6, 6.07) is 0. The van der Waals surface area contributed by atoms with Gasteiger partial charge in [0, 0.05) is 0 Å². The van der Waals surface area contributed by atoms with Crippen LogP contribution in [0.5, 0.6) is 0 Å². The summed E-state index contributed by atoms with van der Waals surface area (Å²) in [6.07, 6.45) is 2.16. The van der Waals surface area contributed by atoms with Gasteiger partial charge in [-0.05, 0) is 6.42 Å². The van der Waals surface area contributed by atoms with Crippen LogP contribution in [0.4, 0.5) is 0 Å². The van der Waals surface area contributed by atoms with Crippen LogP contribution >= 0.6 is 0 Å². The molecule has 1 aliphatic heterocycles. The molecule has 0 fully saturated rings. The van der Waals surface area contributed by atoms with Crippen LogP contribution in [0, 0.1) is 0 Å². The fourth-order valence-corrected chi connectivity index (χ4v) is 1.59. The molecular formula is C9H17N2O2+. The fraction of sp³-hybridized carbons (Fsp3) is 0.778. The zero-order valence-electron chi connectivity index (χ0n) is 8.29. The molecule has 4 heteroatoms. The van der Waals surface area contributed by atoms with Crippen LogP contribution in [0.3, 0.4) is 0 Å². The SMILES string of the molecule is CCCCN1CC[N+](C)=C1C(=O)O. The minimum Gasteiger partial charge on any atom is -0.472 e. The van der Waals surface area contributed by atoms with Gasteiger partial charge in [0.05, 0.1) is 13.6 Å². The van der Waals surface area contributed by atoms with Crippen LogP contribution in [-0.2, 0) is 4.79 Å². The van der Waals surface area contributed by atoms with Crippen molar-refractivity contribution in [2.75, 3.05) is 26.7 Å². The van der Waals surface area contributed by atoms with Crippen molar-refractivity contribution >= 4 is 11.8 Å². The smallest absolute Gasteiger partial charge is 0.418 e. The molecule has 0 saturated heterocycles. The molecule has 0 aromatic rings. The van der Waals surface area contributed by atoms with E-state index in [9.17, 15) is 4.79 Å². The lowest BCUT2D eigenvalue weighted by Gasteiger charge is -2.08. The second-order valence-corrected chi connectivity index (χ2v) is 3.39. The topological polar surface area (TPSA) is 43.5 Å². The average molecular weight is 185 g/mol. The number of carboxylic acids is 1. The Labute approximate surface area is 78.5 Å². The number of nitrogens with zero attached hydrogens (tertiary/aromatic N) is 2. The largest absolute Gasteiger partial charge is 0.472 e. The first-order chi connectivity index (χ1) is 6.16. The van der Waals surface area contributed by atoms with E-state index in [0.717, 1.165) is 32.5 Å². The Morgan fingerprint density at radius 1 is 1.69 bits per heavy atom. The van der Waals surface area contributed by atoms with Gasteiger partial charge in [-0.3, -0.25) is 9.48 Å². The molecule has 13 heavy (non-hydrogen) atoms. The van der Waals surface area contributed by atoms with Gasteiger partial charge in [0.25, 0.3) is 0 Å². The lowest BCUT2D eigenvalue weighted by Crippen LogP contribution is -2.36. The summed E-state index contributed by atoms with van der Waals surface area (Å²) < 4.78 is 1.80. The molecule has 1 rings (SSSR count). The Kier molecular flexibility index (Phi) is 3.28. The van der Waals surface area contributed by atoms with E-state index >= 15 is 0 Å². The number of carbonyl (C=O) groups is 1. The van der Waals surface area contributed by atoms with E-state index in [2.05, 4.69) is 6.92 Å². The van der Waals surface area contributed by atoms with E-state index in [0.29, 0.717) is 5.84 Å². The van der Waals surface area contributed by atoms with Gasteiger partial charge in [0.1, 0.15) is 13.1 Å². The Hall–Kier alpha value is -1.06. The van der Waals surface area contributed by atoms with Gasteiger partial charge in [0.2, 0.25) is 0 Å². The van der Waals surface area contributed by atoms with Crippen LogP contribution in [0.2, 0.25) is 0 Å². The minimum absolute atomic E-state index is 0.452. The second-order valence-electron chi connectivity index (χ2n) is 3.39. The van der Waals surface area contributed by atoms with Gasteiger partial charge in [-0.2, -0.15) is 0 Å². The molecule has 0 amide bonds. The van der Waals surface area contributed by atoms with E-state index < -0.39 is 5.97 Å². The van der Waals surface area contributed by atoms with Crippen LogP contribution in [-0.4, -0.2) is 53.1 Å².